The van der Waals surface area contributed by atoms with Gasteiger partial charge >= 0.3 is 12.1 Å². The monoisotopic (exact) mass is 265 g/mol. The highest BCUT2D eigenvalue weighted by molar-refractivity contribution is 5.94. The number of carboxylic acids is 1. The van der Waals surface area contributed by atoms with Gasteiger partial charge in [0.1, 0.15) is 11.4 Å². The van der Waals surface area contributed by atoms with Gasteiger partial charge in [-0.1, -0.05) is 0 Å². The molecule has 3 N–H and O–H groups in total. The van der Waals surface area contributed by atoms with Crippen LogP contribution in [0.25, 0.3) is 0 Å². The predicted octanol–water partition coefficient (Wildman–Crippen LogP) is 2.02. The Kier molecular flexibility index (Phi) is 3.33. The van der Waals surface area contributed by atoms with Gasteiger partial charge in [0.2, 0.25) is 0 Å². The highest BCUT2D eigenvalue weighted by Gasteiger charge is 2.35. The molecule has 18 heavy (non-hydrogen) atoms. The van der Waals surface area contributed by atoms with Gasteiger partial charge in [-0.05, 0) is 20.8 Å². The molecule has 0 spiro atoms. The molecule has 1 heterocycles. The minimum Gasteiger partial charge on any atom is -0.477 e. The van der Waals surface area contributed by atoms with Crippen LogP contribution < -0.4 is 5.73 Å². The van der Waals surface area contributed by atoms with Crippen LogP contribution in [0, 0.1) is 0 Å². The topological polar surface area (TPSA) is 81.1 Å². The van der Waals surface area contributed by atoms with Crippen LogP contribution in [-0.2, 0) is 12.0 Å². The summed E-state index contributed by atoms with van der Waals surface area (Å²) >= 11 is 0. The lowest BCUT2D eigenvalue weighted by Crippen LogP contribution is -2.25. The fourth-order valence-corrected chi connectivity index (χ4v) is 1.54. The molecule has 0 unspecified atom stereocenters. The lowest BCUT2D eigenvalue weighted by Gasteiger charge is -2.20. The van der Waals surface area contributed by atoms with E-state index in [0.717, 1.165) is 4.68 Å². The summed E-state index contributed by atoms with van der Waals surface area (Å²) in [6.07, 6.45) is -5.95. The number of carboxylic acid groups (broad SMARTS) is 1. The molecule has 0 saturated carbocycles. The van der Waals surface area contributed by atoms with E-state index in [-0.39, 0.29) is 5.82 Å². The molecule has 0 aliphatic heterocycles. The maximum atomic E-state index is 12.3. The van der Waals surface area contributed by atoms with Crippen LogP contribution in [0.3, 0.4) is 0 Å². The molecule has 8 heteroatoms. The largest absolute Gasteiger partial charge is 0.477 e. The molecule has 102 valence electrons. The molecule has 5 nitrogen and oxygen atoms in total. The zero-order valence-electron chi connectivity index (χ0n) is 10.2. The molecule has 1 rings (SSSR count). The summed E-state index contributed by atoms with van der Waals surface area (Å²) in [6.45, 7) is 5.00. The zero-order chi connectivity index (χ0) is 14.3. The minimum atomic E-state index is -4.53. The van der Waals surface area contributed by atoms with E-state index < -0.39 is 35.4 Å². The van der Waals surface area contributed by atoms with Crippen molar-refractivity contribution in [1.29, 1.82) is 0 Å². The number of alkyl halides is 3. The van der Waals surface area contributed by atoms with Crippen LogP contribution in [0.5, 0.6) is 0 Å². The van der Waals surface area contributed by atoms with E-state index in [2.05, 4.69) is 5.10 Å². The maximum Gasteiger partial charge on any atom is 0.394 e. The highest BCUT2D eigenvalue weighted by Crippen LogP contribution is 2.29. The molecule has 0 radical (unpaired) electrons. The maximum absolute atomic E-state index is 12.3. The van der Waals surface area contributed by atoms with Gasteiger partial charge in [0.25, 0.3) is 0 Å². The summed E-state index contributed by atoms with van der Waals surface area (Å²) in [6, 6.07) is 0. The number of halogens is 3. The molecular formula is C10H14F3N3O2. The van der Waals surface area contributed by atoms with Crippen molar-refractivity contribution in [2.75, 3.05) is 5.73 Å². The van der Waals surface area contributed by atoms with Gasteiger partial charge in [0.05, 0.1) is 17.7 Å². The quantitative estimate of drug-likeness (QED) is 0.857. The smallest absolute Gasteiger partial charge is 0.394 e. The lowest BCUT2D eigenvalue weighted by molar-refractivity contribution is -0.128. The first kappa shape index (κ1) is 14.3. The molecule has 0 aliphatic carbocycles. The SMILES string of the molecule is CC(C)(C)n1nc(CC(F)(F)F)c(C(=O)O)c1N. The summed E-state index contributed by atoms with van der Waals surface area (Å²) in [5.74, 6) is -1.78. The summed E-state index contributed by atoms with van der Waals surface area (Å²) in [4.78, 5) is 11.0. The third-order valence-corrected chi connectivity index (χ3v) is 2.21. The van der Waals surface area contributed by atoms with Crippen molar-refractivity contribution in [2.24, 2.45) is 0 Å². The Hall–Kier alpha value is -1.73. The number of aromatic carboxylic acids is 1. The van der Waals surface area contributed by atoms with Gasteiger partial charge in [-0.15, -0.1) is 0 Å². The summed E-state index contributed by atoms with van der Waals surface area (Å²) < 4.78 is 38.1. The van der Waals surface area contributed by atoms with E-state index in [4.69, 9.17) is 10.8 Å². The highest BCUT2D eigenvalue weighted by atomic mass is 19.4. The molecule has 0 aliphatic rings. The third-order valence-electron chi connectivity index (χ3n) is 2.21. The Labute approximate surface area is 101 Å². The van der Waals surface area contributed by atoms with Crippen LogP contribution in [0.2, 0.25) is 0 Å². The number of rotatable bonds is 2. The van der Waals surface area contributed by atoms with E-state index in [1.807, 2.05) is 0 Å². The Morgan fingerprint density at radius 3 is 2.22 bits per heavy atom. The summed E-state index contributed by atoms with van der Waals surface area (Å²) in [5, 5.41) is 12.6. The van der Waals surface area contributed by atoms with Crippen molar-refractivity contribution >= 4 is 11.8 Å². The number of aromatic nitrogens is 2. The number of nitrogens with zero attached hydrogens (tertiary/aromatic N) is 2. The lowest BCUT2D eigenvalue weighted by atomic mass is 10.1. The number of carbonyl (C=O) groups is 1. The molecule has 1 aromatic heterocycles. The Morgan fingerprint density at radius 2 is 1.89 bits per heavy atom. The van der Waals surface area contributed by atoms with E-state index >= 15 is 0 Å². The van der Waals surface area contributed by atoms with Crippen LogP contribution in [0.15, 0.2) is 0 Å². The van der Waals surface area contributed by atoms with Gasteiger partial charge in [-0.2, -0.15) is 18.3 Å². The van der Waals surface area contributed by atoms with Crippen molar-refractivity contribution < 1.29 is 23.1 Å². The first-order valence-electron chi connectivity index (χ1n) is 5.11. The number of hydrogen-bond donors (Lipinski definition) is 2. The fraction of sp³-hybridized carbons (Fsp3) is 0.600. The number of nitrogen functional groups attached to an aromatic ring is 1. The van der Waals surface area contributed by atoms with Gasteiger partial charge in [0.15, 0.2) is 0 Å². The van der Waals surface area contributed by atoms with E-state index in [0.29, 0.717) is 0 Å². The first-order chi connectivity index (χ1) is 7.93. The van der Waals surface area contributed by atoms with Crippen LogP contribution in [0.4, 0.5) is 19.0 Å². The second kappa shape index (κ2) is 4.18. The average Bonchev–Trinajstić information content (AvgIpc) is 2.38. The Balaban J connectivity index is 3.38. The van der Waals surface area contributed by atoms with Crippen molar-refractivity contribution in [3.63, 3.8) is 0 Å². The van der Waals surface area contributed by atoms with Crippen molar-refractivity contribution in [1.82, 2.24) is 9.78 Å². The van der Waals surface area contributed by atoms with Crippen molar-refractivity contribution in [3.8, 4) is 0 Å². The summed E-state index contributed by atoms with van der Waals surface area (Å²) in [7, 11) is 0. The second-order valence-electron chi connectivity index (χ2n) is 4.89. The number of anilines is 1. The normalized spacial score (nSPS) is 12.8. The van der Waals surface area contributed by atoms with Crippen LogP contribution in [0.1, 0.15) is 36.8 Å². The first-order valence-corrected chi connectivity index (χ1v) is 5.11. The van der Waals surface area contributed by atoms with Gasteiger partial charge in [-0.25, -0.2) is 9.48 Å². The standard InChI is InChI=1S/C10H14F3N3O2/c1-9(2,3)16-7(14)6(8(17)18)5(15-16)4-10(11,12)13/h4,14H2,1-3H3,(H,17,18). The van der Waals surface area contributed by atoms with Crippen molar-refractivity contribution in [2.45, 2.75) is 38.9 Å². The number of hydrogen-bond acceptors (Lipinski definition) is 3. The molecule has 0 atom stereocenters. The summed E-state index contributed by atoms with van der Waals surface area (Å²) in [5.41, 5.74) is 3.72. The van der Waals surface area contributed by atoms with E-state index in [1.54, 1.807) is 20.8 Å². The van der Waals surface area contributed by atoms with Gasteiger partial charge in [0, 0.05) is 0 Å². The zero-order valence-corrected chi connectivity index (χ0v) is 10.2. The Bertz CT molecular complexity index is 472. The van der Waals surface area contributed by atoms with Gasteiger partial charge < -0.3 is 10.8 Å². The number of nitrogens with two attached hydrogens (primary N) is 1. The molecule has 0 bridgehead atoms. The minimum absolute atomic E-state index is 0.269. The molecule has 0 fully saturated rings. The Morgan fingerprint density at radius 1 is 1.39 bits per heavy atom. The average molecular weight is 265 g/mol. The van der Waals surface area contributed by atoms with Crippen LogP contribution in [-0.4, -0.2) is 27.0 Å². The second-order valence-corrected chi connectivity index (χ2v) is 4.89. The predicted molar refractivity (Wildman–Crippen MR) is 58.4 cm³/mol. The molecular weight excluding hydrogens is 251 g/mol. The molecule has 0 amide bonds. The molecule has 0 saturated heterocycles. The molecule has 0 aromatic carbocycles. The third kappa shape index (κ3) is 2.93. The van der Waals surface area contributed by atoms with E-state index in [9.17, 15) is 18.0 Å². The van der Waals surface area contributed by atoms with Crippen LogP contribution >= 0.6 is 0 Å². The van der Waals surface area contributed by atoms with Gasteiger partial charge in [-0.3, -0.25) is 0 Å². The van der Waals surface area contributed by atoms with Crippen molar-refractivity contribution in [3.05, 3.63) is 11.3 Å². The molecule has 1 aromatic rings. The van der Waals surface area contributed by atoms with E-state index in [1.165, 1.54) is 0 Å². The fourth-order valence-electron chi connectivity index (χ4n) is 1.54.